The van der Waals surface area contributed by atoms with Gasteiger partial charge in [0.05, 0.1) is 74.2 Å². The first kappa shape index (κ1) is 50.8. The summed E-state index contributed by atoms with van der Waals surface area (Å²) >= 11 is 8.16. The first-order valence-electron chi connectivity index (χ1n) is 26.8. The number of rotatable bonds is 13. The zero-order valence-corrected chi connectivity index (χ0v) is 44.8. The normalized spacial score (nSPS) is 23.3. The molecule has 1 aliphatic carbocycles. The molecule has 17 heteroatoms. The molecule has 390 valence electrons. The second-order valence-corrected chi connectivity index (χ2v) is 23.7. The number of morpholine rings is 1. The molecule has 2 amide bonds. The summed E-state index contributed by atoms with van der Waals surface area (Å²) in [5, 5.41) is 24.5. The fourth-order valence-electron chi connectivity index (χ4n) is 12.8. The van der Waals surface area contributed by atoms with Crippen molar-refractivity contribution in [2.45, 2.75) is 121 Å². The van der Waals surface area contributed by atoms with E-state index in [0.29, 0.717) is 42.0 Å². The zero-order chi connectivity index (χ0) is 51.4. The third-order valence-electron chi connectivity index (χ3n) is 16.9. The van der Waals surface area contributed by atoms with Crippen molar-refractivity contribution in [3.8, 4) is 16.1 Å². The molecule has 2 N–H and O–H groups in total. The van der Waals surface area contributed by atoms with E-state index < -0.39 is 23.6 Å². The number of aliphatic hydroxyl groups excluding tert-OH is 1. The van der Waals surface area contributed by atoms with Crippen molar-refractivity contribution in [2.24, 2.45) is 11.8 Å². The number of aliphatic hydroxyl groups is 1. The van der Waals surface area contributed by atoms with E-state index >= 15 is 0 Å². The first-order valence-corrected chi connectivity index (χ1v) is 28.1. The SMILES string of the molecule is Cc1ncsc1-c1ccc([C@H](CN2CCOCC2)NC(=O)[C@@H]2C[C@@H](O)CN2C(=O)[C@H](C(C)C)n2cc(C3CCC(CN4CCC(c5ccc6c(c5)-n5c(nc(=O)c7c(Cl)cccc75)C6(C)C)CC4)CC3)nn2)cc1. The highest BCUT2D eigenvalue weighted by Gasteiger charge is 2.44. The molecule has 4 aliphatic heterocycles. The van der Waals surface area contributed by atoms with Gasteiger partial charge in [-0.05, 0) is 131 Å². The van der Waals surface area contributed by atoms with Crippen molar-refractivity contribution in [1.29, 1.82) is 0 Å². The number of nitrogens with one attached hydrogen (secondary N) is 1. The van der Waals surface area contributed by atoms with E-state index in [1.54, 1.807) is 27.0 Å². The minimum absolute atomic E-state index is 0.0811. The van der Waals surface area contributed by atoms with Crippen molar-refractivity contribution in [3.63, 3.8) is 0 Å². The number of carbonyl (C=O) groups is 2. The Balaban J connectivity index is 0.703. The van der Waals surface area contributed by atoms with Crippen molar-refractivity contribution >= 4 is 45.7 Å². The molecule has 0 radical (unpaired) electrons. The molecule has 3 saturated heterocycles. The Labute approximate surface area is 442 Å². The molecule has 11 rings (SSSR count). The fraction of sp³-hybridized carbons (Fsp3) is 0.526. The number of fused-ring (bicyclic) bond motifs is 5. The minimum atomic E-state index is -0.826. The van der Waals surface area contributed by atoms with Crippen LogP contribution in [0.5, 0.6) is 0 Å². The van der Waals surface area contributed by atoms with Gasteiger partial charge in [0.1, 0.15) is 17.9 Å². The number of amides is 2. The van der Waals surface area contributed by atoms with Gasteiger partial charge in [-0.1, -0.05) is 73.1 Å². The Morgan fingerprint density at radius 3 is 2.42 bits per heavy atom. The lowest BCUT2D eigenvalue weighted by atomic mass is 9.80. The summed E-state index contributed by atoms with van der Waals surface area (Å²) in [6, 6.07) is 19.0. The summed E-state index contributed by atoms with van der Waals surface area (Å²) in [6.45, 7) is 17.0. The maximum Gasteiger partial charge on any atom is 0.282 e. The van der Waals surface area contributed by atoms with Crippen LogP contribution in [0.3, 0.4) is 0 Å². The second kappa shape index (κ2) is 21.0. The van der Waals surface area contributed by atoms with Gasteiger partial charge in [-0.3, -0.25) is 23.9 Å². The topological polar surface area (TPSA) is 164 Å². The Hall–Kier alpha value is -5.36. The van der Waals surface area contributed by atoms with Crippen LogP contribution in [0.15, 0.2) is 77.2 Å². The number of halogens is 1. The van der Waals surface area contributed by atoms with Gasteiger partial charge >= 0.3 is 0 Å². The summed E-state index contributed by atoms with van der Waals surface area (Å²) in [5.74, 6) is 1.46. The van der Waals surface area contributed by atoms with Crippen LogP contribution in [-0.2, 0) is 19.7 Å². The molecule has 15 nitrogen and oxygen atoms in total. The number of hydrogen-bond acceptors (Lipinski definition) is 12. The third-order valence-corrected chi connectivity index (χ3v) is 18.2. The average Bonchev–Trinajstić information content (AvgIpc) is 4.21. The molecule has 1 saturated carbocycles. The molecule has 0 spiro atoms. The van der Waals surface area contributed by atoms with Crippen LogP contribution in [0, 0.1) is 18.8 Å². The van der Waals surface area contributed by atoms with E-state index in [9.17, 15) is 19.5 Å². The number of hydrogen-bond donors (Lipinski definition) is 2. The molecule has 4 atom stereocenters. The van der Waals surface area contributed by atoms with Gasteiger partial charge in [-0.15, -0.1) is 16.4 Å². The van der Waals surface area contributed by atoms with E-state index in [-0.39, 0.29) is 48.2 Å². The Morgan fingerprint density at radius 2 is 1.70 bits per heavy atom. The van der Waals surface area contributed by atoms with E-state index in [1.807, 2.05) is 44.6 Å². The fourth-order valence-corrected chi connectivity index (χ4v) is 13.8. The van der Waals surface area contributed by atoms with Crippen LogP contribution in [-0.4, -0.2) is 132 Å². The lowest BCUT2D eigenvalue weighted by molar-refractivity contribution is -0.142. The number of ether oxygens (including phenoxy) is 1. The van der Waals surface area contributed by atoms with Crippen molar-refractivity contribution in [2.75, 3.05) is 59.0 Å². The molecule has 0 unspecified atom stereocenters. The highest BCUT2D eigenvalue weighted by Crippen LogP contribution is 2.45. The molecule has 7 heterocycles. The monoisotopic (exact) mass is 1040 g/mol. The number of piperidine rings is 1. The third kappa shape index (κ3) is 9.86. The highest BCUT2D eigenvalue weighted by molar-refractivity contribution is 7.13. The molecule has 3 aromatic carbocycles. The Kier molecular flexibility index (Phi) is 14.4. The van der Waals surface area contributed by atoms with Gasteiger partial charge in [0.2, 0.25) is 11.8 Å². The Bertz CT molecular complexity index is 3080. The van der Waals surface area contributed by atoms with Gasteiger partial charge in [-0.25, -0.2) is 9.67 Å². The molecular weight excluding hydrogens is 972 g/mol. The first-order chi connectivity index (χ1) is 35.7. The summed E-state index contributed by atoms with van der Waals surface area (Å²) < 4.78 is 9.50. The van der Waals surface area contributed by atoms with Crippen molar-refractivity contribution in [3.05, 3.63) is 122 Å². The number of aryl methyl sites for hydroxylation is 1. The van der Waals surface area contributed by atoms with Gasteiger partial charge in [0, 0.05) is 51.3 Å². The van der Waals surface area contributed by atoms with Crippen molar-refractivity contribution < 1.29 is 19.4 Å². The van der Waals surface area contributed by atoms with E-state index in [2.05, 4.69) is 96.3 Å². The molecule has 0 bridgehead atoms. The highest BCUT2D eigenvalue weighted by atomic mass is 35.5. The van der Waals surface area contributed by atoms with Crippen LogP contribution >= 0.6 is 22.9 Å². The predicted molar refractivity (Wildman–Crippen MR) is 288 cm³/mol. The zero-order valence-electron chi connectivity index (χ0n) is 43.3. The standard InChI is InChI=1S/C57H69ClN10O5S/c1-34(2)51(55(72)66-30-42(69)28-49(66)53(70)60-45(31-65-23-25-73-26-24-65)38-13-15-40(16-14-38)52-35(3)59-33-74-52)67-32-46(62-63-67)39-11-9-36(10-12-39)29-64-21-19-37(20-22-64)41-17-18-43-48(27-41)68-47-8-6-7-44(58)50(47)54(71)61-56(68)57(43,4)5/h6-8,13-18,27,32-34,36-37,39,42,45,49,51,69H,9-12,19-26,28-31H2,1-5H3,(H,60,70)/t36?,39?,42-,45+,49+,51+/m1/s1. The van der Waals surface area contributed by atoms with E-state index in [0.717, 1.165) is 116 Å². The van der Waals surface area contributed by atoms with Gasteiger partial charge in [-0.2, -0.15) is 4.98 Å². The number of thiazole rings is 1. The number of benzene rings is 3. The van der Waals surface area contributed by atoms with Crippen LogP contribution in [0.2, 0.25) is 5.02 Å². The van der Waals surface area contributed by atoms with Crippen LogP contribution in [0.4, 0.5) is 0 Å². The van der Waals surface area contributed by atoms with Crippen LogP contribution in [0.25, 0.3) is 27.0 Å². The summed E-state index contributed by atoms with van der Waals surface area (Å²) in [7, 11) is 0. The van der Waals surface area contributed by atoms with Crippen molar-refractivity contribution in [1.82, 2.24) is 49.5 Å². The largest absolute Gasteiger partial charge is 0.391 e. The van der Waals surface area contributed by atoms with Gasteiger partial charge in [0.25, 0.3) is 5.56 Å². The van der Waals surface area contributed by atoms with Crippen LogP contribution < -0.4 is 10.9 Å². The average molecular weight is 1040 g/mol. The van der Waals surface area contributed by atoms with Gasteiger partial charge in [0.15, 0.2) is 0 Å². The molecule has 5 aliphatic rings. The molecular formula is C57H69ClN10O5S. The number of carbonyl (C=O) groups excluding carboxylic acids is 2. The number of likely N-dealkylation sites (tertiary alicyclic amines) is 2. The van der Waals surface area contributed by atoms with Crippen LogP contribution in [0.1, 0.15) is 130 Å². The minimum Gasteiger partial charge on any atom is -0.391 e. The number of aromatic nitrogens is 6. The lowest BCUT2D eigenvalue weighted by Gasteiger charge is -2.36. The molecule has 6 aromatic rings. The summed E-state index contributed by atoms with van der Waals surface area (Å²) in [6.07, 6.45) is 7.77. The maximum absolute atomic E-state index is 14.7. The Morgan fingerprint density at radius 1 is 0.946 bits per heavy atom. The molecule has 4 fully saturated rings. The van der Waals surface area contributed by atoms with E-state index in [4.69, 9.17) is 16.3 Å². The number of β-amino-alcohol motifs (C(OH)–C–C–N with tert-alkyl or cyclic N) is 1. The number of nitrogens with zero attached hydrogens (tertiary/aromatic N) is 9. The van der Waals surface area contributed by atoms with Gasteiger partial charge < -0.3 is 25.0 Å². The quantitative estimate of drug-likeness (QED) is 0.115. The maximum atomic E-state index is 14.7. The molecule has 74 heavy (non-hydrogen) atoms. The summed E-state index contributed by atoms with van der Waals surface area (Å²) in [4.78, 5) is 58.9. The smallest absolute Gasteiger partial charge is 0.282 e. The lowest BCUT2D eigenvalue weighted by Crippen LogP contribution is -2.51. The molecule has 3 aromatic heterocycles. The predicted octanol–water partition coefficient (Wildman–Crippen LogP) is 8.20. The summed E-state index contributed by atoms with van der Waals surface area (Å²) in [5.41, 5.74) is 9.54. The van der Waals surface area contributed by atoms with E-state index in [1.165, 1.54) is 11.1 Å². The second-order valence-electron chi connectivity index (χ2n) is 22.5.